The normalized spacial score (nSPS) is 26.8. The first-order valence-electron chi connectivity index (χ1n) is 10.1. The Morgan fingerprint density at radius 2 is 1.72 bits per heavy atom. The lowest BCUT2D eigenvalue weighted by atomic mass is 9.73. The van der Waals surface area contributed by atoms with Crippen molar-refractivity contribution < 1.29 is 18.3 Å². The standard InChI is InChI=1S/C22H24N2O4S/c25-14-20-21-17-11-4-5-12-18(17)23(22(26)15-7-6-8-15)13-19(21)24(20)29(27,28)16-9-2-1-3-10-16/h1-5,9-12,15,19-21,25H,6-8,13-14H2/t19-,20-,21+/m0/s1. The van der Waals surface area contributed by atoms with E-state index in [1.165, 1.54) is 4.31 Å². The van der Waals surface area contributed by atoms with Gasteiger partial charge in [0.05, 0.1) is 23.6 Å². The van der Waals surface area contributed by atoms with E-state index in [-0.39, 0.29) is 35.3 Å². The van der Waals surface area contributed by atoms with Crippen molar-refractivity contribution in [3.8, 4) is 0 Å². The second-order valence-corrected chi connectivity index (χ2v) is 9.97. The molecule has 2 aliphatic heterocycles. The number of amides is 1. The van der Waals surface area contributed by atoms with Gasteiger partial charge in [-0.2, -0.15) is 4.31 Å². The van der Waals surface area contributed by atoms with Crippen LogP contribution in [0.2, 0.25) is 0 Å². The maximum Gasteiger partial charge on any atom is 0.243 e. The van der Waals surface area contributed by atoms with Crippen molar-refractivity contribution in [2.24, 2.45) is 5.92 Å². The zero-order valence-corrected chi connectivity index (χ0v) is 16.8. The molecule has 1 aliphatic carbocycles. The first kappa shape index (κ1) is 18.8. The minimum Gasteiger partial charge on any atom is -0.395 e. The van der Waals surface area contributed by atoms with Gasteiger partial charge in [0.15, 0.2) is 0 Å². The molecule has 0 spiro atoms. The van der Waals surface area contributed by atoms with Gasteiger partial charge in [-0.3, -0.25) is 4.79 Å². The summed E-state index contributed by atoms with van der Waals surface area (Å²) < 4.78 is 28.1. The van der Waals surface area contributed by atoms with Crippen molar-refractivity contribution >= 4 is 21.6 Å². The molecule has 2 fully saturated rings. The van der Waals surface area contributed by atoms with Crippen LogP contribution in [0.4, 0.5) is 5.69 Å². The molecule has 2 aromatic carbocycles. The number of hydrogen-bond donors (Lipinski definition) is 1. The van der Waals surface area contributed by atoms with Gasteiger partial charge in [0.25, 0.3) is 0 Å². The van der Waals surface area contributed by atoms with Crippen LogP contribution in [0.15, 0.2) is 59.5 Å². The third-order valence-corrected chi connectivity index (χ3v) is 8.63. The molecule has 5 rings (SSSR count). The predicted molar refractivity (Wildman–Crippen MR) is 109 cm³/mol. The van der Waals surface area contributed by atoms with E-state index in [9.17, 15) is 18.3 Å². The highest BCUT2D eigenvalue weighted by atomic mass is 32.2. The molecule has 0 bridgehead atoms. The number of aliphatic hydroxyl groups excluding tert-OH is 1. The quantitative estimate of drug-likeness (QED) is 0.836. The number of fused-ring (bicyclic) bond motifs is 3. The van der Waals surface area contributed by atoms with Gasteiger partial charge >= 0.3 is 0 Å². The van der Waals surface area contributed by atoms with Crippen molar-refractivity contribution in [1.82, 2.24) is 4.31 Å². The Kier molecular flexibility index (Phi) is 4.49. The maximum atomic E-state index is 13.3. The molecule has 0 radical (unpaired) electrons. The van der Waals surface area contributed by atoms with Crippen molar-refractivity contribution in [3.63, 3.8) is 0 Å². The second kappa shape index (κ2) is 6.93. The van der Waals surface area contributed by atoms with E-state index >= 15 is 0 Å². The summed E-state index contributed by atoms with van der Waals surface area (Å²) in [7, 11) is -3.76. The van der Waals surface area contributed by atoms with Gasteiger partial charge in [0.1, 0.15) is 0 Å². The van der Waals surface area contributed by atoms with Crippen LogP contribution in [0.1, 0.15) is 30.7 Å². The molecule has 3 aliphatic rings. The van der Waals surface area contributed by atoms with Crippen LogP contribution in [-0.4, -0.2) is 49.0 Å². The van der Waals surface area contributed by atoms with Crippen molar-refractivity contribution in [2.75, 3.05) is 18.1 Å². The van der Waals surface area contributed by atoms with Gasteiger partial charge in [-0.15, -0.1) is 0 Å². The van der Waals surface area contributed by atoms with Crippen LogP contribution in [0.3, 0.4) is 0 Å². The largest absolute Gasteiger partial charge is 0.395 e. The van der Waals surface area contributed by atoms with Crippen LogP contribution in [0.5, 0.6) is 0 Å². The zero-order chi connectivity index (χ0) is 20.2. The molecule has 6 nitrogen and oxygen atoms in total. The van der Waals surface area contributed by atoms with Crippen LogP contribution >= 0.6 is 0 Å². The van der Waals surface area contributed by atoms with Gasteiger partial charge < -0.3 is 10.0 Å². The smallest absolute Gasteiger partial charge is 0.243 e. The van der Waals surface area contributed by atoms with E-state index in [2.05, 4.69) is 0 Å². The number of nitrogens with zero attached hydrogens (tertiary/aromatic N) is 2. The van der Waals surface area contributed by atoms with E-state index in [0.717, 1.165) is 30.5 Å². The fraction of sp³-hybridized carbons (Fsp3) is 0.409. The molecule has 152 valence electrons. The number of benzene rings is 2. The third-order valence-electron chi connectivity index (χ3n) is 6.67. The number of anilines is 1. The third kappa shape index (κ3) is 2.75. The van der Waals surface area contributed by atoms with Crippen molar-refractivity contribution in [3.05, 3.63) is 60.2 Å². The van der Waals surface area contributed by atoms with Crippen LogP contribution in [-0.2, 0) is 14.8 Å². The summed E-state index contributed by atoms with van der Waals surface area (Å²) in [6, 6.07) is 15.1. The fourth-order valence-corrected chi connectivity index (χ4v) is 6.83. The average Bonchev–Trinajstić information content (AvgIpc) is 2.67. The number of sulfonamides is 1. The molecular formula is C22H24N2O4S. The Bertz CT molecular complexity index is 1040. The van der Waals surface area contributed by atoms with Gasteiger partial charge in [-0.05, 0) is 36.6 Å². The van der Waals surface area contributed by atoms with Crippen LogP contribution < -0.4 is 4.90 Å². The molecule has 1 saturated carbocycles. The Labute approximate surface area is 170 Å². The average molecular weight is 413 g/mol. The minimum atomic E-state index is -3.76. The van der Waals surface area contributed by atoms with Crippen LogP contribution in [0.25, 0.3) is 0 Å². The second-order valence-electron chi connectivity index (χ2n) is 8.13. The molecule has 1 N–H and O–H groups in total. The monoisotopic (exact) mass is 412 g/mol. The summed E-state index contributed by atoms with van der Waals surface area (Å²) in [5.74, 6) is 0.0132. The highest BCUT2D eigenvalue weighted by Crippen LogP contribution is 2.50. The highest BCUT2D eigenvalue weighted by Gasteiger charge is 2.58. The molecule has 1 saturated heterocycles. The number of carbonyl (C=O) groups excluding carboxylic acids is 1. The fourth-order valence-electron chi connectivity index (χ4n) is 4.98. The topological polar surface area (TPSA) is 77.9 Å². The van der Waals surface area contributed by atoms with E-state index in [4.69, 9.17) is 0 Å². The predicted octanol–water partition coefficient (Wildman–Crippen LogP) is 2.35. The number of hydrogen-bond acceptors (Lipinski definition) is 4. The highest BCUT2D eigenvalue weighted by molar-refractivity contribution is 7.89. The maximum absolute atomic E-state index is 13.3. The van der Waals surface area contributed by atoms with Gasteiger partial charge in [-0.1, -0.05) is 42.8 Å². The lowest BCUT2D eigenvalue weighted by Crippen LogP contribution is -2.70. The lowest BCUT2D eigenvalue weighted by Gasteiger charge is -2.58. The summed E-state index contributed by atoms with van der Waals surface area (Å²) in [6.07, 6.45) is 2.87. The summed E-state index contributed by atoms with van der Waals surface area (Å²) in [6.45, 7) is 0.0811. The van der Waals surface area contributed by atoms with Crippen molar-refractivity contribution in [1.29, 1.82) is 0 Å². The Hall–Kier alpha value is -2.22. The summed E-state index contributed by atoms with van der Waals surface area (Å²) in [5.41, 5.74) is 1.82. The molecule has 1 amide bonds. The van der Waals surface area contributed by atoms with Crippen molar-refractivity contribution in [2.45, 2.75) is 42.2 Å². The lowest BCUT2D eigenvalue weighted by molar-refractivity contribution is -0.125. The van der Waals surface area contributed by atoms with Gasteiger partial charge in [0.2, 0.25) is 15.9 Å². The SMILES string of the molecule is O=C(C1CCC1)N1C[C@H]2[C@@H](c3ccccc31)[C@H](CO)N2S(=O)(=O)c1ccccc1. The summed E-state index contributed by atoms with van der Waals surface area (Å²) in [5, 5.41) is 10.1. The van der Waals surface area contributed by atoms with E-state index in [1.54, 1.807) is 35.2 Å². The molecule has 3 atom stereocenters. The van der Waals surface area contributed by atoms with Gasteiger partial charge in [-0.25, -0.2) is 8.42 Å². The van der Waals surface area contributed by atoms with E-state index < -0.39 is 16.1 Å². The first-order chi connectivity index (χ1) is 14.0. The molecule has 29 heavy (non-hydrogen) atoms. The zero-order valence-electron chi connectivity index (χ0n) is 16.0. The molecule has 7 heteroatoms. The number of rotatable bonds is 4. The Balaban J connectivity index is 1.55. The number of aliphatic hydroxyl groups is 1. The summed E-state index contributed by atoms with van der Waals surface area (Å²) in [4.78, 5) is 15.1. The number of carbonyl (C=O) groups is 1. The van der Waals surface area contributed by atoms with E-state index in [1.807, 2.05) is 24.3 Å². The van der Waals surface area contributed by atoms with Gasteiger partial charge in [0, 0.05) is 24.1 Å². The molecule has 2 aromatic rings. The Morgan fingerprint density at radius 3 is 2.38 bits per heavy atom. The van der Waals surface area contributed by atoms with Crippen LogP contribution in [0, 0.1) is 5.92 Å². The molecular weight excluding hydrogens is 388 g/mol. The minimum absolute atomic E-state index is 0.0347. The molecule has 0 aromatic heterocycles. The Morgan fingerprint density at radius 1 is 1.03 bits per heavy atom. The van der Waals surface area contributed by atoms with E-state index in [0.29, 0.717) is 6.54 Å². The first-order valence-corrected chi connectivity index (χ1v) is 11.6. The molecule has 2 heterocycles. The summed E-state index contributed by atoms with van der Waals surface area (Å²) >= 11 is 0. The number of para-hydroxylation sites is 1. The molecule has 0 unspecified atom stereocenters.